The van der Waals surface area contributed by atoms with E-state index in [1.54, 1.807) is 0 Å². The number of hydrogen-bond donors (Lipinski definition) is 0. The molecule has 0 unspecified atom stereocenters. The lowest BCUT2D eigenvalue weighted by atomic mass is 9.99. The van der Waals surface area contributed by atoms with Crippen LogP contribution in [0.1, 0.15) is 45.3 Å². The molecule has 0 amide bonds. The van der Waals surface area contributed by atoms with Crippen LogP contribution in [0.15, 0.2) is 84.9 Å². The maximum atomic E-state index is 12.4. The van der Waals surface area contributed by atoms with E-state index in [2.05, 4.69) is 42.5 Å². The number of carbonyl (C=O) groups is 1. The van der Waals surface area contributed by atoms with Crippen molar-refractivity contribution in [2.24, 2.45) is 0 Å². The molecule has 4 rings (SSSR count). The maximum absolute atomic E-state index is 12.4. The zero-order chi connectivity index (χ0) is 15.6. The molecule has 1 aliphatic carbocycles. The van der Waals surface area contributed by atoms with Crippen molar-refractivity contribution in [1.82, 2.24) is 0 Å². The fraction of sp³-hybridized carbons (Fsp3) is 0.136. The van der Waals surface area contributed by atoms with E-state index < -0.39 is 0 Å². The molecule has 1 aliphatic rings. The van der Waals surface area contributed by atoms with Gasteiger partial charge in [0.05, 0.1) is 0 Å². The number of ketones is 1. The van der Waals surface area contributed by atoms with Crippen molar-refractivity contribution in [2.75, 3.05) is 0 Å². The molecule has 0 aromatic heterocycles. The lowest BCUT2D eigenvalue weighted by Crippen LogP contribution is -2.00. The van der Waals surface area contributed by atoms with Gasteiger partial charge in [-0.05, 0) is 29.4 Å². The first-order valence-corrected chi connectivity index (χ1v) is 8.07. The van der Waals surface area contributed by atoms with E-state index in [1.165, 1.54) is 17.5 Å². The van der Waals surface area contributed by atoms with Gasteiger partial charge in [-0.15, -0.1) is 0 Å². The highest BCUT2D eigenvalue weighted by Crippen LogP contribution is 2.54. The summed E-state index contributed by atoms with van der Waals surface area (Å²) in [7, 11) is 0. The van der Waals surface area contributed by atoms with Gasteiger partial charge < -0.3 is 0 Å². The van der Waals surface area contributed by atoms with Gasteiger partial charge in [0.15, 0.2) is 5.78 Å². The van der Waals surface area contributed by atoms with Crippen molar-refractivity contribution >= 4 is 5.78 Å². The number of rotatable bonds is 4. The minimum absolute atomic E-state index is 0.0903. The van der Waals surface area contributed by atoms with E-state index in [-0.39, 0.29) is 5.78 Å². The Hall–Kier alpha value is -2.67. The number of carbonyl (C=O) groups excluding carboxylic acids is 1. The monoisotopic (exact) mass is 298 g/mol. The topological polar surface area (TPSA) is 17.1 Å². The summed E-state index contributed by atoms with van der Waals surface area (Å²) >= 11 is 0. The highest BCUT2D eigenvalue weighted by Gasteiger charge is 2.39. The predicted molar refractivity (Wildman–Crippen MR) is 92.9 cm³/mol. The summed E-state index contributed by atoms with van der Waals surface area (Å²) in [5.41, 5.74) is 4.26. The number of hydrogen-bond acceptors (Lipinski definition) is 1. The SMILES string of the molecule is O=C(c1ccccc1)c1ccc([C@@H]2C[C@H]2c2ccccc2)cc1. The maximum Gasteiger partial charge on any atom is 0.193 e. The smallest absolute Gasteiger partial charge is 0.193 e. The van der Waals surface area contributed by atoms with Crippen molar-refractivity contribution in [1.29, 1.82) is 0 Å². The standard InChI is InChI=1S/C22H18O/c23-22(18-9-5-2-6-10-18)19-13-11-17(12-14-19)21-15-20(21)16-7-3-1-4-8-16/h1-14,20-21H,15H2/t20-,21-/m0/s1. The fourth-order valence-electron chi connectivity index (χ4n) is 3.27. The molecule has 0 heterocycles. The molecule has 0 aliphatic heterocycles. The largest absolute Gasteiger partial charge is 0.289 e. The summed E-state index contributed by atoms with van der Waals surface area (Å²) in [5, 5.41) is 0. The van der Waals surface area contributed by atoms with Gasteiger partial charge in [0.1, 0.15) is 0 Å². The van der Waals surface area contributed by atoms with E-state index in [0.717, 1.165) is 11.1 Å². The van der Waals surface area contributed by atoms with E-state index in [0.29, 0.717) is 11.8 Å². The average molecular weight is 298 g/mol. The molecular weight excluding hydrogens is 280 g/mol. The van der Waals surface area contributed by atoms with Gasteiger partial charge in [0, 0.05) is 11.1 Å². The van der Waals surface area contributed by atoms with Crippen LogP contribution in [0, 0.1) is 0 Å². The van der Waals surface area contributed by atoms with Gasteiger partial charge in [-0.3, -0.25) is 4.79 Å². The Kier molecular flexibility index (Phi) is 3.55. The van der Waals surface area contributed by atoms with E-state index in [9.17, 15) is 4.79 Å². The third-order valence-electron chi connectivity index (χ3n) is 4.66. The first-order chi connectivity index (χ1) is 11.3. The molecule has 1 saturated carbocycles. The van der Waals surface area contributed by atoms with Crippen molar-refractivity contribution in [3.8, 4) is 0 Å². The van der Waals surface area contributed by atoms with Gasteiger partial charge in [-0.25, -0.2) is 0 Å². The molecule has 3 aromatic rings. The van der Waals surface area contributed by atoms with Gasteiger partial charge in [-0.1, -0.05) is 84.9 Å². The molecule has 0 bridgehead atoms. The second kappa shape index (κ2) is 5.85. The lowest BCUT2D eigenvalue weighted by Gasteiger charge is -2.04. The van der Waals surface area contributed by atoms with Crippen LogP contribution < -0.4 is 0 Å². The van der Waals surface area contributed by atoms with Crippen molar-refractivity contribution in [3.05, 3.63) is 107 Å². The number of benzene rings is 3. The van der Waals surface area contributed by atoms with Gasteiger partial charge in [0.25, 0.3) is 0 Å². The second-order valence-electron chi connectivity index (χ2n) is 6.18. The first-order valence-electron chi connectivity index (χ1n) is 8.07. The highest BCUT2D eigenvalue weighted by atomic mass is 16.1. The second-order valence-corrected chi connectivity index (χ2v) is 6.18. The minimum Gasteiger partial charge on any atom is -0.289 e. The van der Waals surface area contributed by atoms with Crippen LogP contribution in [0.3, 0.4) is 0 Å². The quantitative estimate of drug-likeness (QED) is 0.606. The van der Waals surface area contributed by atoms with Crippen LogP contribution in [0.4, 0.5) is 0 Å². The normalized spacial score (nSPS) is 19.3. The highest BCUT2D eigenvalue weighted by molar-refractivity contribution is 6.08. The summed E-state index contributed by atoms with van der Waals surface area (Å²) in [5.74, 6) is 1.32. The zero-order valence-electron chi connectivity index (χ0n) is 12.9. The Labute approximate surface area is 136 Å². The summed E-state index contributed by atoms with van der Waals surface area (Å²) in [6.07, 6.45) is 1.20. The molecule has 0 radical (unpaired) electrons. The minimum atomic E-state index is 0.0903. The first kappa shape index (κ1) is 14.0. The Balaban J connectivity index is 1.50. The van der Waals surface area contributed by atoms with E-state index in [1.807, 2.05) is 42.5 Å². The van der Waals surface area contributed by atoms with Crippen LogP contribution in [0.25, 0.3) is 0 Å². The molecule has 1 fully saturated rings. The van der Waals surface area contributed by atoms with Crippen LogP contribution in [0.2, 0.25) is 0 Å². The Bertz CT molecular complexity index is 804. The average Bonchev–Trinajstić information content (AvgIpc) is 3.44. The summed E-state index contributed by atoms with van der Waals surface area (Å²) in [4.78, 5) is 12.4. The van der Waals surface area contributed by atoms with Gasteiger partial charge >= 0.3 is 0 Å². The molecule has 1 nitrogen and oxygen atoms in total. The van der Waals surface area contributed by atoms with Crippen molar-refractivity contribution < 1.29 is 4.79 Å². The van der Waals surface area contributed by atoms with Crippen LogP contribution in [-0.2, 0) is 0 Å². The molecule has 2 atom stereocenters. The zero-order valence-corrected chi connectivity index (χ0v) is 12.9. The molecule has 112 valence electrons. The summed E-state index contributed by atoms with van der Waals surface area (Å²) < 4.78 is 0. The predicted octanol–water partition coefficient (Wildman–Crippen LogP) is 5.19. The Morgan fingerprint density at radius 1 is 0.609 bits per heavy atom. The molecule has 1 heteroatoms. The van der Waals surface area contributed by atoms with Crippen LogP contribution in [0.5, 0.6) is 0 Å². The van der Waals surface area contributed by atoms with Crippen molar-refractivity contribution in [3.63, 3.8) is 0 Å². The van der Waals surface area contributed by atoms with Crippen LogP contribution >= 0.6 is 0 Å². The molecular formula is C22H18O. The molecule has 3 aromatic carbocycles. The lowest BCUT2D eigenvalue weighted by molar-refractivity contribution is 0.103. The molecule has 0 N–H and O–H groups in total. The van der Waals surface area contributed by atoms with Gasteiger partial charge in [-0.2, -0.15) is 0 Å². The summed E-state index contributed by atoms with van der Waals surface area (Å²) in [6.45, 7) is 0. The fourth-order valence-corrected chi connectivity index (χ4v) is 3.27. The third kappa shape index (κ3) is 2.83. The Morgan fingerprint density at radius 3 is 1.70 bits per heavy atom. The summed E-state index contributed by atoms with van der Waals surface area (Å²) in [6, 6.07) is 28.3. The molecule has 23 heavy (non-hydrogen) atoms. The van der Waals surface area contributed by atoms with E-state index >= 15 is 0 Å². The van der Waals surface area contributed by atoms with Crippen molar-refractivity contribution in [2.45, 2.75) is 18.3 Å². The molecule has 0 spiro atoms. The third-order valence-corrected chi connectivity index (χ3v) is 4.66. The van der Waals surface area contributed by atoms with Gasteiger partial charge in [0.2, 0.25) is 0 Å². The van der Waals surface area contributed by atoms with Crippen LogP contribution in [-0.4, -0.2) is 5.78 Å². The Morgan fingerprint density at radius 2 is 1.09 bits per heavy atom. The van der Waals surface area contributed by atoms with E-state index in [4.69, 9.17) is 0 Å². The molecule has 0 saturated heterocycles.